The zero-order valence-corrected chi connectivity index (χ0v) is 10.3. The van der Waals surface area contributed by atoms with Gasteiger partial charge in [-0.1, -0.05) is 0 Å². The van der Waals surface area contributed by atoms with E-state index in [0.29, 0.717) is 12.1 Å². The Hall–Kier alpha value is -1.74. The van der Waals surface area contributed by atoms with Crippen molar-refractivity contribution in [3.8, 4) is 0 Å². The van der Waals surface area contributed by atoms with Gasteiger partial charge in [0.05, 0.1) is 11.3 Å². The molecule has 0 atom stereocenters. The van der Waals surface area contributed by atoms with Crippen molar-refractivity contribution in [2.45, 2.75) is 0 Å². The second kappa shape index (κ2) is 4.86. The van der Waals surface area contributed by atoms with Gasteiger partial charge in [0.2, 0.25) is 0 Å². The number of halogens is 2. The van der Waals surface area contributed by atoms with Crippen LogP contribution in [0.1, 0.15) is 10.4 Å². The van der Waals surface area contributed by atoms with Crippen molar-refractivity contribution in [3.05, 3.63) is 29.3 Å². The lowest BCUT2D eigenvalue weighted by Gasteiger charge is -2.14. The van der Waals surface area contributed by atoms with E-state index in [1.165, 1.54) is 14.1 Å². The summed E-state index contributed by atoms with van der Waals surface area (Å²) < 4.78 is 51.8. The number of nitrogens with one attached hydrogen (secondary N) is 1. The monoisotopic (exact) mass is 280 g/mol. The van der Waals surface area contributed by atoms with E-state index in [1.54, 1.807) is 4.72 Å². The molecule has 0 aliphatic carbocycles. The normalized spacial score (nSPS) is 11.6. The van der Waals surface area contributed by atoms with Crippen LogP contribution in [0.15, 0.2) is 12.1 Å². The smallest absolute Gasteiger partial charge is 0.338 e. The van der Waals surface area contributed by atoms with Crippen LogP contribution in [0.25, 0.3) is 0 Å². The fourth-order valence-corrected chi connectivity index (χ4v) is 1.64. The average Bonchev–Trinajstić information content (AvgIpc) is 2.21. The standard InChI is InChI=1S/C9H10F2N2O4S/c1-13(2)18(16,17)12-8-3-5(9(14)15)6(10)4-7(8)11/h3-4,12H,1-2H3,(H,14,15). The maximum atomic E-state index is 13.3. The Morgan fingerprint density at radius 1 is 1.28 bits per heavy atom. The lowest BCUT2D eigenvalue weighted by Crippen LogP contribution is -2.29. The van der Waals surface area contributed by atoms with E-state index >= 15 is 0 Å². The molecule has 0 saturated heterocycles. The minimum atomic E-state index is -4.00. The molecule has 1 rings (SSSR count). The number of hydrogen-bond donors (Lipinski definition) is 2. The first-order valence-electron chi connectivity index (χ1n) is 4.57. The molecule has 100 valence electrons. The van der Waals surface area contributed by atoms with Crippen molar-refractivity contribution in [3.63, 3.8) is 0 Å². The molecular formula is C9H10F2N2O4S. The number of anilines is 1. The number of nitrogens with zero attached hydrogens (tertiary/aromatic N) is 1. The van der Waals surface area contributed by atoms with Crippen LogP contribution in [-0.4, -0.2) is 37.9 Å². The third-order valence-electron chi connectivity index (χ3n) is 2.01. The minimum Gasteiger partial charge on any atom is -0.478 e. The molecule has 0 aromatic heterocycles. The number of carboxylic acid groups (broad SMARTS) is 1. The summed E-state index contributed by atoms with van der Waals surface area (Å²) in [6, 6.07) is 0.880. The van der Waals surface area contributed by atoms with Crippen LogP contribution in [0, 0.1) is 11.6 Å². The molecule has 0 heterocycles. The van der Waals surface area contributed by atoms with Gasteiger partial charge in [0, 0.05) is 20.2 Å². The molecule has 6 nitrogen and oxygen atoms in total. The van der Waals surface area contributed by atoms with Crippen molar-refractivity contribution in [2.75, 3.05) is 18.8 Å². The van der Waals surface area contributed by atoms with Gasteiger partial charge in [-0.3, -0.25) is 4.72 Å². The van der Waals surface area contributed by atoms with E-state index in [0.717, 1.165) is 4.31 Å². The Labute approximate surface area is 102 Å². The van der Waals surface area contributed by atoms with E-state index in [9.17, 15) is 22.0 Å². The van der Waals surface area contributed by atoms with Gasteiger partial charge in [-0.15, -0.1) is 0 Å². The van der Waals surface area contributed by atoms with Crippen molar-refractivity contribution in [1.82, 2.24) is 4.31 Å². The highest BCUT2D eigenvalue weighted by atomic mass is 32.2. The molecule has 0 fully saturated rings. The molecule has 18 heavy (non-hydrogen) atoms. The topological polar surface area (TPSA) is 86.7 Å². The molecule has 0 unspecified atom stereocenters. The molecular weight excluding hydrogens is 270 g/mol. The largest absolute Gasteiger partial charge is 0.478 e. The van der Waals surface area contributed by atoms with E-state index in [-0.39, 0.29) is 0 Å². The van der Waals surface area contributed by atoms with Gasteiger partial charge in [0.25, 0.3) is 0 Å². The zero-order chi connectivity index (χ0) is 14.1. The number of rotatable bonds is 4. The summed E-state index contributed by atoms with van der Waals surface area (Å²) in [6.45, 7) is 0. The molecule has 0 amide bonds. The number of carboxylic acids is 1. The van der Waals surface area contributed by atoms with Crippen LogP contribution in [0.3, 0.4) is 0 Å². The van der Waals surface area contributed by atoms with Crippen molar-refractivity contribution in [1.29, 1.82) is 0 Å². The van der Waals surface area contributed by atoms with Crippen LogP contribution >= 0.6 is 0 Å². The van der Waals surface area contributed by atoms with Gasteiger partial charge in [-0.25, -0.2) is 13.6 Å². The first-order valence-corrected chi connectivity index (χ1v) is 6.01. The van der Waals surface area contributed by atoms with E-state index in [4.69, 9.17) is 5.11 Å². The van der Waals surface area contributed by atoms with Crippen LogP contribution in [0.2, 0.25) is 0 Å². The van der Waals surface area contributed by atoms with Gasteiger partial charge in [0.15, 0.2) is 0 Å². The fourth-order valence-electron chi connectivity index (χ4n) is 1.02. The van der Waals surface area contributed by atoms with E-state index < -0.39 is 39.1 Å². The van der Waals surface area contributed by atoms with Gasteiger partial charge >= 0.3 is 16.2 Å². The summed E-state index contributed by atoms with van der Waals surface area (Å²) in [5.41, 5.74) is -1.46. The third kappa shape index (κ3) is 2.93. The predicted molar refractivity (Wildman–Crippen MR) is 59.5 cm³/mol. The Bertz CT molecular complexity index is 586. The molecule has 1 aromatic carbocycles. The quantitative estimate of drug-likeness (QED) is 0.857. The SMILES string of the molecule is CN(C)S(=O)(=O)Nc1cc(C(=O)O)c(F)cc1F. The zero-order valence-electron chi connectivity index (χ0n) is 9.44. The molecule has 2 N–H and O–H groups in total. The lowest BCUT2D eigenvalue weighted by molar-refractivity contribution is 0.0692. The molecule has 0 aliphatic rings. The summed E-state index contributed by atoms with van der Waals surface area (Å²) in [5.74, 6) is -4.12. The van der Waals surface area contributed by atoms with Crippen LogP contribution in [-0.2, 0) is 10.2 Å². The van der Waals surface area contributed by atoms with Crippen molar-refractivity contribution in [2.24, 2.45) is 0 Å². The lowest BCUT2D eigenvalue weighted by atomic mass is 10.2. The number of carbonyl (C=O) groups is 1. The number of aromatic carboxylic acids is 1. The Morgan fingerprint density at radius 3 is 2.28 bits per heavy atom. The van der Waals surface area contributed by atoms with Crippen LogP contribution in [0.4, 0.5) is 14.5 Å². The third-order valence-corrected chi connectivity index (χ3v) is 3.45. The first kappa shape index (κ1) is 14.3. The predicted octanol–water partition coefficient (Wildman–Crippen LogP) is 0.881. The molecule has 9 heteroatoms. The van der Waals surface area contributed by atoms with Crippen LogP contribution < -0.4 is 4.72 Å². The molecule has 0 bridgehead atoms. The summed E-state index contributed by atoms with van der Waals surface area (Å²) in [4.78, 5) is 10.6. The highest BCUT2D eigenvalue weighted by molar-refractivity contribution is 7.90. The molecule has 0 radical (unpaired) electrons. The summed E-state index contributed by atoms with van der Waals surface area (Å²) >= 11 is 0. The minimum absolute atomic E-state index is 0.303. The molecule has 0 spiro atoms. The Kier molecular flexibility index (Phi) is 3.87. The second-order valence-electron chi connectivity index (χ2n) is 3.51. The van der Waals surface area contributed by atoms with Gasteiger partial charge in [-0.2, -0.15) is 12.7 Å². The molecule has 1 aromatic rings. The number of hydrogen-bond acceptors (Lipinski definition) is 3. The van der Waals surface area contributed by atoms with E-state index in [1.807, 2.05) is 0 Å². The Morgan fingerprint density at radius 2 is 1.83 bits per heavy atom. The highest BCUT2D eigenvalue weighted by Gasteiger charge is 2.20. The molecule has 0 aliphatic heterocycles. The summed E-state index contributed by atoms with van der Waals surface area (Å²) in [6.07, 6.45) is 0. The maximum absolute atomic E-state index is 13.3. The molecule has 0 saturated carbocycles. The van der Waals surface area contributed by atoms with Gasteiger partial charge in [0.1, 0.15) is 11.6 Å². The second-order valence-corrected chi connectivity index (χ2v) is 5.39. The summed E-state index contributed by atoms with van der Waals surface area (Å²) in [5, 5.41) is 8.64. The summed E-state index contributed by atoms with van der Waals surface area (Å²) in [7, 11) is -1.61. The van der Waals surface area contributed by atoms with Crippen LogP contribution in [0.5, 0.6) is 0 Å². The first-order chi connectivity index (χ1) is 8.15. The van der Waals surface area contributed by atoms with Crippen molar-refractivity contribution >= 4 is 21.9 Å². The fraction of sp³-hybridized carbons (Fsp3) is 0.222. The van der Waals surface area contributed by atoms with Crippen molar-refractivity contribution < 1.29 is 27.1 Å². The van der Waals surface area contributed by atoms with Gasteiger partial charge < -0.3 is 5.11 Å². The van der Waals surface area contributed by atoms with Gasteiger partial charge in [-0.05, 0) is 6.07 Å². The maximum Gasteiger partial charge on any atom is 0.338 e. The van der Waals surface area contributed by atoms with E-state index in [2.05, 4.69) is 0 Å². The Balaban J connectivity index is 3.27. The average molecular weight is 280 g/mol. The number of benzene rings is 1. The highest BCUT2D eigenvalue weighted by Crippen LogP contribution is 2.21.